The Morgan fingerprint density at radius 3 is 2.71 bits per heavy atom. The summed E-state index contributed by atoms with van der Waals surface area (Å²) >= 11 is 3.43. The van der Waals surface area contributed by atoms with Gasteiger partial charge in [0.15, 0.2) is 0 Å². The predicted octanol–water partition coefficient (Wildman–Crippen LogP) is 3.03. The van der Waals surface area contributed by atoms with Crippen molar-refractivity contribution in [1.29, 1.82) is 0 Å². The molecule has 0 spiro atoms. The summed E-state index contributed by atoms with van der Waals surface area (Å²) in [5.74, 6) is 0.813. The first-order valence-corrected chi connectivity index (χ1v) is 6.52. The molecule has 0 aliphatic heterocycles. The lowest BCUT2D eigenvalue weighted by atomic mass is 9.64. The van der Waals surface area contributed by atoms with Crippen LogP contribution < -0.4 is 10.1 Å². The molecule has 0 aromatic heterocycles. The van der Waals surface area contributed by atoms with Gasteiger partial charge in [-0.2, -0.15) is 0 Å². The second kappa shape index (κ2) is 4.50. The van der Waals surface area contributed by atoms with Crippen molar-refractivity contribution in [3.63, 3.8) is 0 Å². The van der Waals surface area contributed by atoms with E-state index in [-0.39, 0.29) is 11.5 Å². The summed E-state index contributed by atoms with van der Waals surface area (Å²) in [6, 6.07) is 6.24. The van der Waals surface area contributed by atoms with E-state index in [9.17, 15) is 5.11 Å². The van der Waals surface area contributed by atoms with Crippen molar-refractivity contribution < 1.29 is 9.84 Å². The predicted molar refractivity (Wildman–Crippen MR) is 72.5 cm³/mol. The lowest BCUT2D eigenvalue weighted by molar-refractivity contribution is -0.0510. The zero-order valence-corrected chi connectivity index (χ0v) is 11.9. The fourth-order valence-corrected chi connectivity index (χ4v) is 2.51. The summed E-state index contributed by atoms with van der Waals surface area (Å²) in [6.07, 6.45) is 0.586. The summed E-state index contributed by atoms with van der Waals surface area (Å²) in [7, 11) is 1.65. The number of benzene rings is 1. The third kappa shape index (κ3) is 2.29. The Bertz CT molecular complexity index is 420. The molecule has 17 heavy (non-hydrogen) atoms. The van der Waals surface area contributed by atoms with Gasteiger partial charge in [0.1, 0.15) is 5.75 Å². The van der Waals surface area contributed by atoms with E-state index in [0.717, 1.165) is 22.3 Å². The van der Waals surface area contributed by atoms with E-state index < -0.39 is 0 Å². The third-order valence-corrected chi connectivity index (χ3v) is 4.36. The summed E-state index contributed by atoms with van der Waals surface area (Å²) in [4.78, 5) is 0. The molecule has 0 amide bonds. The Morgan fingerprint density at radius 2 is 2.18 bits per heavy atom. The number of rotatable bonds is 3. The van der Waals surface area contributed by atoms with Gasteiger partial charge in [0.2, 0.25) is 0 Å². The molecule has 0 saturated heterocycles. The highest BCUT2D eigenvalue weighted by atomic mass is 79.9. The zero-order valence-electron chi connectivity index (χ0n) is 10.3. The number of anilines is 1. The molecule has 0 heterocycles. The number of aliphatic hydroxyl groups is 1. The van der Waals surface area contributed by atoms with Gasteiger partial charge in [0, 0.05) is 23.2 Å². The molecular formula is C13H18BrNO2. The average Bonchev–Trinajstić information content (AvgIpc) is 2.31. The van der Waals surface area contributed by atoms with E-state index in [0.29, 0.717) is 6.04 Å². The van der Waals surface area contributed by atoms with Crippen molar-refractivity contribution in [2.45, 2.75) is 32.4 Å². The van der Waals surface area contributed by atoms with Gasteiger partial charge in [-0.1, -0.05) is 13.8 Å². The Balaban J connectivity index is 2.10. The molecule has 2 N–H and O–H groups in total. The smallest absolute Gasteiger partial charge is 0.135 e. The standard InChI is InChI=1S/C13H18BrNO2/c1-13(2)11(7-12(13)16)15-8-4-5-9(14)10(6-8)17-3/h4-6,11-12,15-16H,7H2,1-3H3. The van der Waals surface area contributed by atoms with Crippen LogP contribution >= 0.6 is 15.9 Å². The molecule has 1 aromatic rings. The highest BCUT2D eigenvalue weighted by molar-refractivity contribution is 9.10. The van der Waals surface area contributed by atoms with Gasteiger partial charge < -0.3 is 15.2 Å². The molecule has 1 aliphatic rings. The Kier molecular flexibility index (Phi) is 3.36. The van der Waals surface area contributed by atoms with E-state index in [4.69, 9.17) is 4.74 Å². The first-order chi connectivity index (χ1) is 7.95. The minimum Gasteiger partial charge on any atom is -0.495 e. The Labute approximate surface area is 110 Å². The Hall–Kier alpha value is -0.740. The van der Waals surface area contributed by atoms with Crippen molar-refractivity contribution in [1.82, 2.24) is 0 Å². The van der Waals surface area contributed by atoms with Gasteiger partial charge in [-0.15, -0.1) is 0 Å². The lowest BCUT2D eigenvalue weighted by Crippen LogP contribution is -2.56. The van der Waals surface area contributed by atoms with E-state index in [1.807, 2.05) is 18.2 Å². The fourth-order valence-electron chi connectivity index (χ4n) is 2.10. The first kappa shape index (κ1) is 12.7. The van der Waals surface area contributed by atoms with Gasteiger partial charge in [0.05, 0.1) is 17.7 Å². The minimum atomic E-state index is -0.211. The second-order valence-corrected chi connectivity index (χ2v) is 5.97. The number of halogens is 1. The van der Waals surface area contributed by atoms with Crippen molar-refractivity contribution in [3.05, 3.63) is 22.7 Å². The number of aliphatic hydroxyl groups excluding tert-OH is 1. The first-order valence-electron chi connectivity index (χ1n) is 5.73. The van der Waals surface area contributed by atoms with E-state index >= 15 is 0 Å². The van der Waals surface area contributed by atoms with Crippen LogP contribution in [0.3, 0.4) is 0 Å². The lowest BCUT2D eigenvalue weighted by Gasteiger charge is -2.49. The molecule has 3 nitrogen and oxygen atoms in total. The molecule has 2 unspecified atom stereocenters. The van der Waals surface area contributed by atoms with Crippen LogP contribution in [0.2, 0.25) is 0 Å². The highest BCUT2D eigenvalue weighted by Crippen LogP contribution is 2.42. The van der Waals surface area contributed by atoms with Crippen molar-refractivity contribution in [3.8, 4) is 5.75 Å². The maximum Gasteiger partial charge on any atom is 0.135 e. The van der Waals surface area contributed by atoms with Crippen LogP contribution in [-0.4, -0.2) is 24.4 Å². The van der Waals surface area contributed by atoms with Crippen LogP contribution in [0.25, 0.3) is 0 Å². The summed E-state index contributed by atoms with van der Waals surface area (Å²) < 4.78 is 6.20. The summed E-state index contributed by atoms with van der Waals surface area (Å²) in [6.45, 7) is 4.16. The molecule has 1 saturated carbocycles. The van der Waals surface area contributed by atoms with Crippen molar-refractivity contribution in [2.75, 3.05) is 12.4 Å². The summed E-state index contributed by atoms with van der Waals surface area (Å²) in [5.41, 5.74) is 0.954. The van der Waals surface area contributed by atoms with Crippen LogP contribution in [0, 0.1) is 5.41 Å². The quantitative estimate of drug-likeness (QED) is 0.901. The van der Waals surface area contributed by atoms with Crippen LogP contribution in [0.4, 0.5) is 5.69 Å². The molecular weight excluding hydrogens is 282 g/mol. The minimum absolute atomic E-state index is 0.0691. The van der Waals surface area contributed by atoms with E-state index in [1.165, 1.54) is 0 Å². The van der Waals surface area contributed by atoms with Crippen molar-refractivity contribution in [2.24, 2.45) is 5.41 Å². The number of ether oxygens (including phenoxy) is 1. The molecule has 0 bridgehead atoms. The van der Waals surface area contributed by atoms with Crippen LogP contribution in [0.5, 0.6) is 5.75 Å². The van der Waals surface area contributed by atoms with Crippen molar-refractivity contribution >= 4 is 21.6 Å². The van der Waals surface area contributed by atoms with E-state index in [1.54, 1.807) is 7.11 Å². The molecule has 4 heteroatoms. The normalized spacial score (nSPS) is 26.2. The monoisotopic (exact) mass is 299 g/mol. The van der Waals surface area contributed by atoms with Gasteiger partial charge in [-0.25, -0.2) is 0 Å². The number of hydrogen-bond donors (Lipinski definition) is 2. The topological polar surface area (TPSA) is 41.5 Å². The van der Waals surface area contributed by atoms with Crippen LogP contribution in [0.15, 0.2) is 22.7 Å². The molecule has 1 fully saturated rings. The average molecular weight is 300 g/mol. The molecule has 2 atom stereocenters. The molecule has 2 rings (SSSR count). The largest absolute Gasteiger partial charge is 0.495 e. The third-order valence-electron chi connectivity index (χ3n) is 3.71. The zero-order chi connectivity index (χ0) is 12.6. The molecule has 94 valence electrons. The molecule has 1 aliphatic carbocycles. The molecule has 1 aromatic carbocycles. The van der Waals surface area contributed by atoms with Gasteiger partial charge >= 0.3 is 0 Å². The second-order valence-electron chi connectivity index (χ2n) is 5.12. The molecule has 0 radical (unpaired) electrons. The summed E-state index contributed by atoms with van der Waals surface area (Å²) in [5, 5.41) is 13.1. The maximum atomic E-state index is 9.70. The van der Waals surface area contributed by atoms with Crippen LogP contribution in [0.1, 0.15) is 20.3 Å². The van der Waals surface area contributed by atoms with Gasteiger partial charge in [0.25, 0.3) is 0 Å². The fraction of sp³-hybridized carbons (Fsp3) is 0.538. The maximum absolute atomic E-state index is 9.70. The Morgan fingerprint density at radius 1 is 1.47 bits per heavy atom. The SMILES string of the molecule is COc1cc(NC2CC(O)C2(C)C)ccc1Br. The highest BCUT2D eigenvalue weighted by Gasteiger charge is 2.47. The number of methoxy groups -OCH3 is 1. The van der Waals surface area contributed by atoms with Crippen LogP contribution in [-0.2, 0) is 0 Å². The van der Waals surface area contributed by atoms with Gasteiger partial charge in [-0.3, -0.25) is 0 Å². The van der Waals surface area contributed by atoms with Gasteiger partial charge in [-0.05, 0) is 34.5 Å². The number of nitrogens with one attached hydrogen (secondary N) is 1. The van der Waals surface area contributed by atoms with E-state index in [2.05, 4.69) is 35.1 Å². The number of hydrogen-bond acceptors (Lipinski definition) is 3.